The number of carbonyl (C=O) groups is 2. The Morgan fingerprint density at radius 3 is 2.76 bits per heavy atom. The lowest BCUT2D eigenvalue weighted by atomic mass is 9.98. The van der Waals surface area contributed by atoms with E-state index in [2.05, 4.69) is 10.6 Å². The van der Waals surface area contributed by atoms with Gasteiger partial charge in [0.05, 0.1) is 36.4 Å². The lowest BCUT2D eigenvalue weighted by molar-refractivity contribution is -0.121. The number of nitrogens with zero attached hydrogens (tertiary/aromatic N) is 1. The fourth-order valence-corrected chi connectivity index (χ4v) is 5.44. The number of piperidine rings is 1. The van der Waals surface area contributed by atoms with Gasteiger partial charge in [-0.2, -0.15) is 4.31 Å². The molecule has 4 rings (SSSR count). The van der Waals surface area contributed by atoms with Crippen LogP contribution in [0.4, 0.5) is 11.4 Å². The largest absolute Gasteiger partial charge is 0.497 e. The molecule has 2 amide bonds. The SMILES string of the molecule is COc1ccc(OC)c(NC(=O)C2CCCN(S(=O)(=O)c3ccc4c(c3)NC(=O)CO4)C2)c1. The Bertz CT molecular complexity index is 1180. The van der Waals surface area contributed by atoms with Gasteiger partial charge in [-0.25, -0.2) is 8.42 Å². The zero-order valence-electron chi connectivity index (χ0n) is 18.3. The topological polar surface area (TPSA) is 123 Å². The second-order valence-electron chi connectivity index (χ2n) is 7.75. The van der Waals surface area contributed by atoms with Crippen LogP contribution in [0.25, 0.3) is 0 Å². The molecule has 0 spiro atoms. The Kier molecular flexibility index (Phi) is 6.43. The van der Waals surface area contributed by atoms with Crippen LogP contribution >= 0.6 is 0 Å². The van der Waals surface area contributed by atoms with Crippen LogP contribution in [0.3, 0.4) is 0 Å². The first kappa shape index (κ1) is 22.9. The maximum atomic E-state index is 13.3. The lowest BCUT2D eigenvalue weighted by Gasteiger charge is -2.31. The lowest BCUT2D eigenvalue weighted by Crippen LogP contribution is -2.43. The Labute approximate surface area is 191 Å². The normalized spacial score (nSPS) is 18.5. The maximum absolute atomic E-state index is 13.3. The van der Waals surface area contributed by atoms with Gasteiger partial charge < -0.3 is 24.8 Å². The smallest absolute Gasteiger partial charge is 0.262 e. The molecular formula is C22H25N3O7S. The molecule has 1 atom stereocenters. The number of ether oxygens (including phenoxy) is 3. The summed E-state index contributed by atoms with van der Waals surface area (Å²) in [4.78, 5) is 24.6. The molecule has 1 unspecified atom stereocenters. The summed E-state index contributed by atoms with van der Waals surface area (Å²) in [5.74, 6) is 0.263. The van der Waals surface area contributed by atoms with Crippen LogP contribution in [0.2, 0.25) is 0 Å². The van der Waals surface area contributed by atoms with Crippen molar-refractivity contribution in [3.63, 3.8) is 0 Å². The van der Waals surface area contributed by atoms with Crippen molar-refractivity contribution in [3.8, 4) is 17.2 Å². The van der Waals surface area contributed by atoms with Crippen molar-refractivity contribution in [1.29, 1.82) is 0 Å². The monoisotopic (exact) mass is 475 g/mol. The third kappa shape index (κ3) is 4.74. The zero-order valence-corrected chi connectivity index (χ0v) is 19.1. The molecule has 0 saturated carbocycles. The minimum Gasteiger partial charge on any atom is -0.497 e. The average molecular weight is 476 g/mol. The minimum absolute atomic E-state index is 0.0302. The number of nitrogens with one attached hydrogen (secondary N) is 2. The number of hydrogen-bond donors (Lipinski definition) is 2. The Hall–Kier alpha value is -3.31. The highest BCUT2D eigenvalue weighted by atomic mass is 32.2. The van der Waals surface area contributed by atoms with Gasteiger partial charge in [-0.15, -0.1) is 0 Å². The van der Waals surface area contributed by atoms with Crippen LogP contribution in [-0.4, -0.2) is 58.5 Å². The summed E-state index contributed by atoms with van der Waals surface area (Å²) in [5, 5.41) is 5.45. The maximum Gasteiger partial charge on any atom is 0.262 e. The molecule has 2 aliphatic heterocycles. The summed E-state index contributed by atoms with van der Waals surface area (Å²) < 4.78 is 43.6. The van der Waals surface area contributed by atoms with E-state index >= 15 is 0 Å². The molecule has 0 aromatic heterocycles. The summed E-state index contributed by atoms with van der Waals surface area (Å²) in [5.41, 5.74) is 0.760. The third-order valence-electron chi connectivity index (χ3n) is 5.64. The highest BCUT2D eigenvalue weighted by Crippen LogP contribution is 2.33. The van der Waals surface area contributed by atoms with Gasteiger partial charge in [0.25, 0.3) is 5.91 Å². The second-order valence-corrected chi connectivity index (χ2v) is 9.69. The number of hydrogen-bond acceptors (Lipinski definition) is 7. The predicted octanol–water partition coefficient (Wildman–Crippen LogP) is 2.07. The second kappa shape index (κ2) is 9.28. The molecule has 0 bridgehead atoms. The van der Waals surface area contributed by atoms with Crippen molar-refractivity contribution in [2.24, 2.45) is 5.92 Å². The average Bonchev–Trinajstić information content (AvgIpc) is 2.83. The Morgan fingerprint density at radius 1 is 1.18 bits per heavy atom. The third-order valence-corrected chi connectivity index (χ3v) is 7.50. The first-order valence-electron chi connectivity index (χ1n) is 10.4. The standard InChI is InChI=1S/C22H25N3O7S/c1-30-15-5-7-19(31-2)17(10-15)24-22(27)14-4-3-9-25(12-14)33(28,29)16-6-8-20-18(11-16)23-21(26)13-32-20/h5-8,10-11,14H,3-4,9,12-13H2,1-2H3,(H,23,26)(H,24,27). The van der Waals surface area contributed by atoms with Gasteiger partial charge >= 0.3 is 0 Å². The van der Waals surface area contributed by atoms with Crippen LogP contribution in [0.15, 0.2) is 41.3 Å². The quantitative estimate of drug-likeness (QED) is 0.656. The molecule has 2 N–H and O–H groups in total. The van der Waals surface area contributed by atoms with E-state index in [1.165, 1.54) is 36.7 Å². The van der Waals surface area contributed by atoms with Crippen molar-refractivity contribution in [1.82, 2.24) is 4.31 Å². The number of amides is 2. The molecule has 11 heteroatoms. The summed E-state index contributed by atoms with van der Waals surface area (Å²) in [6, 6.07) is 9.39. The number of benzene rings is 2. The number of methoxy groups -OCH3 is 2. The molecule has 1 saturated heterocycles. The Morgan fingerprint density at radius 2 is 2.00 bits per heavy atom. The highest BCUT2D eigenvalue weighted by molar-refractivity contribution is 7.89. The zero-order chi connectivity index (χ0) is 23.6. The number of sulfonamides is 1. The van der Waals surface area contributed by atoms with Gasteiger partial charge in [0.15, 0.2) is 6.61 Å². The Balaban J connectivity index is 1.51. The van der Waals surface area contributed by atoms with E-state index < -0.39 is 15.9 Å². The molecule has 1 fully saturated rings. The van der Waals surface area contributed by atoms with E-state index in [0.717, 1.165) is 0 Å². The summed E-state index contributed by atoms with van der Waals surface area (Å²) >= 11 is 0. The molecule has 2 aliphatic rings. The van der Waals surface area contributed by atoms with E-state index in [-0.39, 0.29) is 29.9 Å². The molecule has 176 valence electrons. The van der Waals surface area contributed by atoms with Crippen LogP contribution in [-0.2, 0) is 19.6 Å². The van der Waals surface area contributed by atoms with Gasteiger partial charge in [0, 0.05) is 19.2 Å². The van der Waals surface area contributed by atoms with Crippen LogP contribution < -0.4 is 24.8 Å². The molecule has 33 heavy (non-hydrogen) atoms. The fourth-order valence-electron chi connectivity index (χ4n) is 3.89. The molecule has 2 aromatic rings. The van der Waals surface area contributed by atoms with E-state index in [0.29, 0.717) is 48.0 Å². The van der Waals surface area contributed by atoms with E-state index in [1.807, 2.05) is 0 Å². The van der Waals surface area contributed by atoms with Crippen molar-refractivity contribution in [2.45, 2.75) is 17.7 Å². The first-order chi connectivity index (χ1) is 15.8. The van der Waals surface area contributed by atoms with Crippen molar-refractivity contribution < 1.29 is 32.2 Å². The van der Waals surface area contributed by atoms with Gasteiger partial charge in [0.2, 0.25) is 15.9 Å². The van der Waals surface area contributed by atoms with Crippen molar-refractivity contribution >= 4 is 33.2 Å². The van der Waals surface area contributed by atoms with Crippen molar-refractivity contribution in [3.05, 3.63) is 36.4 Å². The van der Waals surface area contributed by atoms with Crippen molar-refractivity contribution in [2.75, 3.05) is 44.5 Å². The fraction of sp³-hybridized carbons (Fsp3) is 0.364. The van der Waals surface area contributed by atoms with Gasteiger partial charge in [-0.3, -0.25) is 9.59 Å². The van der Waals surface area contributed by atoms with Crippen LogP contribution in [0, 0.1) is 5.92 Å². The number of anilines is 2. The minimum atomic E-state index is -3.87. The van der Waals surface area contributed by atoms with Gasteiger partial charge in [-0.1, -0.05) is 0 Å². The molecular weight excluding hydrogens is 450 g/mol. The molecule has 2 aromatic carbocycles. The van der Waals surface area contributed by atoms with Gasteiger partial charge in [-0.05, 0) is 43.2 Å². The van der Waals surface area contributed by atoms with Crippen LogP contribution in [0.1, 0.15) is 12.8 Å². The number of rotatable bonds is 6. The molecule has 0 aliphatic carbocycles. The summed E-state index contributed by atoms with van der Waals surface area (Å²) in [6.45, 7) is 0.231. The van der Waals surface area contributed by atoms with E-state index in [1.54, 1.807) is 18.2 Å². The van der Waals surface area contributed by atoms with Gasteiger partial charge in [0.1, 0.15) is 17.2 Å². The molecule has 10 nitrogen and oxygen atoms in total. The van der Waals surface area contributed by atoms with Crippen LogP contribution in [0.5, 0.6) is 17.2 Å². The summed E-state index contributed by atoms with van der Waals surface area (Å²) in [7, 11) is -0.852. The van der Waals surface area contributed by atoms with E-state index in [4.69, 9.17) is 14.2 Å². The number of carbonyl (C=O) groups excluding carboxylic acids is 2. The number of fused-ring (bicyclic) bond motifs is 1. The molecule has 0 radical (unpaired) electrons. The molecule has 2 heterocycles. The first-order valence-corrected chi connectivity index (χ1v) is 11.9. The predicted molar refractivity (Wildman–Crippen MR) is 120 cm³/mol. The highest BCUT2D eigenvalue weighted by Gasteiger charge is 2.34. The summed E-state index contributed by atoms with van der Waals surface area (Å²) in [6.07, 6.45) is 1.09. The van der Waals surface area contributed by atoms with E-state index in [9.17, 15) is 18.0 Å².